The number of rotatable bonds is 6. The second-order valence-electron chi connectivity index (χ2n) is 7.90. The summed E-state index contributed by atoms with van der Waals surface area (Å²) in [6.07, 6.45) is 14.5. The first-order valence-corrected chi connectivity index (χ1v) is 10.4. The van der Waals surface area contributed by atoms with Crippen molar-refractivity contribution in [2.24, 2.45) is 7.05 Å². The van der Waals surface area contributed by atoms with Gasteiger partial charge in [-0.15, -0.1) is 0 Å². The van der Waals surface area contributed by atoms with Crippen LogP contribution in [-0.2, 0) is 7.05 Å². The summed E-state index contributed by atoms with van der Waals surface area (Å²) in [4.78, 5) is 10.7. The third-order valence-corrected chi connectivity index (χ3v) is 6.17. The number of hydrogen-bond acceptors (Lipinski definition) is 3. The van der Waals surface area contributed by atoms with Crippen molar-refractivity contribution >= 4 is 11.0 Å². The summed E-state index contributed by atoms with van der Waals surface area (Å²) in [5.41, 5.74) is 4.70. The lowest BCUT2D eigenvalue weighted by Gasteiger charge is -2.36. The second-order valence-corrected chi connectivity index (χ2v) is 7.90. The fourth-order valence-corrected chi connectivity index (χ4v) is 4.70. The minimum Gasteiger partial charge on any atom is -0.346 e. The molecule has 3 heterocycles. The molecule has 27 heavy (non-hydrogen) atoms. The van der Waals surface area contributed by atoms with Crippen molar-refractivity contribution in [3.8, 4) is 11.1 Å². The molecule has 5 heteroatoms. The monoisotopic (exact) mass is 365 g/mol. The van der Waals surface area contributed by atoms with E-state index in [1.54, 1.807) is 0 Å². The van der Waals surface area contributed by atoms with E-state index in [9.17, 15) is 0 Å². The molecule has 144 valence electrons. The van der Waals surface area contributed by atoms with Crippen LogP contribution in [0.1, 0.15) is 57.4 Å². The SMILES string of the molecule is CCCN(CC)[C@H]1CC[C@@H](c2cnc3[nH]cc(-c4cnn(C)c4)c3c2)CC1. The zero-order valence-electron chi connectivity index (χ0n) is 16.8. The maximum absolute atomic E-state index is 4.72. The van der Waals surface area contributed by atoms with Crippen LogP contribution in [0.3, 0.4) is 0 Å². The normalized spacial score (nSPS) is 20.6. The molecule has 0 spiro atoms. The predicted octanol–water partition coefficient (Wildman–Crippen LogP) is 4.72. The van der Waals surface area contributed by atoms with Crippen LogP contribution in [0.15, 0.2) is 30.9 Å². The molecule has 0 aromatic carbocycles. The van der Waals surface area contributed by atoms with Gasteiger partial charge in [-0.25, -0.2) is 4.98 Å². The van der Waals surface area contributed by atoms with Crippen LogP contribution in [0.2, 0.25) is 0 Å². The molecule has 1 aliphatic carbocycles. The first-order chi connectivity index (χ1) is 13.2. The van der Waals surface area contributed by atoms with Crippen LogP contribution in [0, 0.1) is 0 Å². The van der Waals surface area contributed by atoms with Crippen LogP contribution in [-0.4, -0.2) is 43.8 Å². The number of fused-ring (bicyclic) bond motifs is 1. The van der Waals surface area contributed by atoms with Gasteiger partial charge >= 0.3 is 0 Å². The summed E-state index contributed by atoms with van der Waals surface area (Å²) in [5.74, 6) is 0.634. The summed E-state index contributed by atoms with van der Waals surface area (Å²) >= 11 is 0. The van der Waals surface area contributed by atoms with Crippen molar-refractivity contribution in [1.82, 2.24) is 24.6 Å². The van der Waals surface area contributed by atoms with E-state index in [-0.39, 0.29) is 0 Å². The zero-order valence-corrected chi connectivity index (χ0v) is 16.8. The number of nitrogens with zero attached hydrogens (tertiary/aromatic N) is 4. The van der Waals surface area contributed by atoms with E-state index in [1.807, 2.05) is 17.9 Å². The van der Waals surface area contributed by atoms with E-state index in [0.717, 1.165) is 17.3 Å². The highest BCUT2D eigenvalue weighted by molar-refractivity contribution is 5.93. The fraction of sp³-hybridized carbons (Fsp3) is 0.545. The van der Waals surface area contributed by atoms with Crippen LogP contribution in [0.4, 0.5) is 0 Å². The smallest absolute Gasteiger partial charge is 0.137 e. The first-order valence-electron chi connectivity index (χ1n) is 10.4. The van der Waals surface area contributed by atoms with Gasteiger partial charge in [0.2, 0.25) is 0 Å². The molecule has 3 aromatic heterocycles. The van der Waals surface area contributed by atoms with Gasteiger partial charge in [-0.05, 0) is 62.7 Å². The van der Waals surface area contributed by atoms with Crippen molar-refractivity contribution in [3.63, 3.8) is 0 Å². The molecule has 1 saturated carbocycles. The Balaban J connectivity index is 1.53. The number of aromatic nitrogens is 4. The standard InChI is InChI=1S/C22H31N5/c1-4-10-27(5-2)19-8-6-16(7-9-19)17-11-20-21(14-24-22(20)23-12-17)18-13-25-26(3)15-18/h11-16,19H,4-10H2,1-3H3,(H,23,24)/t16-,19+. The lowest BCUT2D eigenvalue weighted by atomic mass is 9.81. The molecule has 0 atom stereocenters. The maximum atomic E-state index is 4.72. The molecule has 1 N–H and O–H groups in total. The van der Waals surface area contributed by atoms with Crippen LogP contribution >= 0.6 is 0 Å². The summed E-state index contributed by atoms with van der Waals surface area (Å²) in [6, 6.07) is 3.12. The Morgan fingerprint density at radius 2 is 2.00 bits per heavy atom. The summed E-state index contributed by atoms with van der Waals surface area (Å²) in [5, 5.41) is 5.53. The highest BCUT2D eigenvalue weighted by atomic mass is 15.2. The predicted molar refractivity (Wildman–Crippen MR) is 111 cm³/mol. The molecular formula is C22H31N5. The number of nitrogens with one attached hydrogen (secondary N) is 1. The fourth-order valence-electron chi connectivity index (χ4n) is 4.70. The van der Waals surface area contributed by atoms with Gasteiger partial charge in [0.15, 0.2) is 0 Å². The van der Waals surface area contributed by atoms with Gasteiger partial charge in [-0.2, -0.15) is 5.10 Å². The van der Waals surface area contributed by atoms with Crippen molar-refractivity contribution < 1.29 is 0 Å². The summed E-state index contributed by atoms with van der Waals surface area (Å²) in [6.45, 7) is 6.99. The van der Waals surface area contributed by atoms with E-state index in [0.29, 0.717) is 5.92 Å². The average Bonchev–Trinajstić information content (AvgIpc) is 3.31. The van der Waals surface area contributed by atoms with Crippen molar-refractivity contribution in [2.45, 2.75) is 57.9 Å². The molecule has 0 saturated heterocycles. The van der Waals surface area contributed by atoms with Crippen molar-refractivity contribution in [2.75, 3.05) is 13.1 Å². The Labute approximate surface area is 161 Å². The lowest BCUT2D eigenvalue weighted by molar-refractivity contribution is 0.156. The minimum absolute atomic E-state index is 0.634. The second kappa shape index (κ2) is 7.85. The minimum atomic E-state index is 0.634. The molecule has 3 aromatic rings. The summed E-state index contributed by atoms with van der Waals surface area (Å²) < 4.78 is 1.85. The molecule has 0 bridgehead atoms. The molecule has 0 unspecified atom stereocenters. The number of pyridine rings is 1. The van der Waals surface area contributed by atoms with Gasteiger partial charge < -0.3 is 9.88 Å². The highest BCUT2D eigenvalue weighted by Crippen LogP contribution is 2.37. The number of H-pyrrole nitrogens is 1. The Kier molecular flexibility index (Phi) is 5.30. The Hall–Kier alpha value is -2.14. The number of hydrogen-bond donors (Lipinski definition) is 1. The van der Waals surface area contributed by atoms with E-state index in [1.165, 1.54) is 61.7 Å². The van der Waals surface area contributed by atoms with Crippen LogP contribution in [0.5, 0.6) is 0 Å². The van der Waals surface area contributed by atoms with Gasteiger partial charge in [0, 0.05) is 48.2 Å². The Morgan fingerprint density at radius 3 is 2.67 bits per heavy atom. The lowest BCUT2D eigenvalue weighted by Crippen LogP contribution is -2.38. The van der Waals surface area contributed by atoms with Gasteiger partial charge in [-0.3, -0.25) is 4.68 Å². The quantitative estimate of drug-likeness (QED) is 0.687. The Morgan fingerprint density at radius 1 is 1.19 bits per heavy atom. The van der Waals surface area contributed by atoms with Crippen molar-refractivity contribution in [1.29, 1.82) is 0 Å². The number of aromatic amines is 1. The van der Waals surface area contributed by atoms with E-state index in [2.05, 4.69) is 53.5 Å². The van der Waals surface area contributed by atoms with E-state index >= 15 is 0 Å². The average molecular weight is 366 g/mol. The molecule has 5 nitrogen and oxygen atoms in total. The molecule has 1 aliphatic rings. The highest BCUT2D eigenvalue weighted by Gasteiger charge is 2.26. The van der Waals surface area contributed by atoms with Crippen molar-refractivity contribution in [3.05, 3.63) is 36.4 Å². The third-order valence-electron chi connectivity index (χ3n) is 6.17. The van der Waals surface area contributed by atoms with Crippen LogP contribution < -0.4 is 0 Å². The van der Waals surface area contributed by atoms with Gasteiger partial charge in [-0.1, -0.05) is 13.8 Å². The largest absolute Gasteiger partial charge is 0.346 e. The van der Waals surface area contributed by atoms with Crippen LogP contribution in [0.25, 0.3) is 22.2 Å². The molecule has 4 rings (SSSR count). The molecular weight excluding hydrogens is 334 g/mol. The number of aryl methyl sites for hydroxylation is 1. The third kappa shape index (κ3) is 3.65. The topological polar surface area (TPSA) is 49.7 Å². The van der Waals surface area contributed by atoms with Gasteiger partial charge in [0.05, 0.1) is 6.20 Å². The molecule has 0 aliphatic heterocycles. The van der Waals surface area contributed by atoms with E-state index < -0.39 is 0 Å². The maximum Gasteiger partial charge on any atom is 0.137 e. The molecule has 1 fully saturated rings. The first kappa shape index (κ1) is 18.2. The molecule has 0 amide bonds. The van der Waals surface area contributed by atoms with E-state index in [4.69, 9.17) is 4.98 Å². The van der Waals surface area contributed by atoms with Gasteiger partial charge in [0.1, 0.15) is 5.65 Å². The zero-order chi connectivity index (χ0) is 18.8. The molecule has 0 radical (unpaired) electrons. The summed E-state index contributed by atoms with van der Waals surface area (Å²) in [7, 11) is 1.96. The Bertz CT molecular complexity index is 885. The van der Waals surface area contributed by atoms with Gasteiger partial charge in [0.25, 0.3) is 0 Å².